The van der Waals surface area contributed by atoms with Crippen molar-refractivity contribution in [3.8, 4) is 0 Å². The lowest BCUT2D eigenvalue weighted by atomic mass is 10.3. The fourth-order valence-electron chi connectivity index (χ4n) is 1.57. The summed E-state index contributed by atoms with van der Waals surface area (Å²) >= 11 is 6.75. The molecule has 0 aliphatic heterocycles. The van der Waals surface area contributed by atoms with E-state index in [1.165, 1.54) is 30.3 Å². The van der Waals surface area contributed by atoms with Crippen molar-refractivity contribution in [1.82, 2.24) is 0 Å². The number of halogens is 1. The molecule has 0 fully saturated rings. The average Bonchev–Trinajstić information content (AvgIpc) is 2.38. The number of hydrogen-bond acceptors (Lipinski definition) is 5. The Bertz CT molecular complexity index is 693. The molecule has 2 aromatic carbocycles. The number of nitrogens with zero attached hydrogens (tertiary/aromatic N) is 2. The second kappa shape index (κ2) is 5.89. The molecule has 0 heterocycles. The molecule has 0 bridgehead atoms. The van der Waals surface area contributed by atoms with Crippen molar-refractivity contribution in [2.24, 2.45) is 0 Å². The molecule has 0 saturated carbocycles. The molecule has 0 aliphatic rings. The van der Waals surface area contributed by atoms with Gasteiger partial charge in [-0.1, -0.05) is 41.6 Å². The number of rotatable bonds is 4. The first-order chi connectivity index (χ1) is 9.50. The summed E-state index contributed by atoms with van der Waals surface area (Å²) in [6, 6.07) is 10.5. The molecule has 102 valence electrons. The van der Waals surface area contributed by atoms with Gasteiger partial charge in [-0.2, -0.15) is 0 Å². The fourth-order valence-corrected chi connectivity index (χ4v) is 2.93. The summed E-state index contributed by atoms with van der Waals surface area (Å²) in [6.45, 7) is 0. The van der Waals surface area contributed by atoms with Crippen LogP contribution in [0.3, 0.4) is 0 Å². The van der Waals surface area contributed by atoms with E-state index in [4.69, 9.17) is 11.6 Å². The molecule has 2 rings (SSSR count). The van der Waals surface area contributed by atoms with Crippen LogP contribution < -0.4 is 0 Å². The third-order valence-electron chi connectivity index (χ3n) is 2.41. The molecule has 0 spiro atoms. The second-order valence-electron chi connectivity index (χ2n) is 3.67. The van der Waals surface area contributed by atoms with E-state index in [1.807, 2.05) is 0 Å². The molecule has 0 aromatic heterocycles. The molecule has 6 nitrogen and oxygen atoms in total. The van der Waals surface area contributed by atoms with Gasteiger partial charge in [0.2, 0.25) is 0 Å². The maximum Gasteiger partial charge on any atom is 0.301 e. The Morgan fingerprint density at radius 1 is 0.900 bits per heavy atom. The first kappa shape index (κ1) is 14.3. The quantitative estimate of drug-likeness (QED) is 0.620. The summed E-state index contributed by atoms with van der Waals surface area (Å²) in [5.74, 6) is 0. The van der Waals surface area contributed by atoms with E-state index in [9.17, 15) is 20.2 Å². The minimum atomic E-state index is -0.598. The summed E-state index contributed by atoms with van der Waals surface area (Å²) in [7, 11) is 0. The number of hydrogen-bond donors (Lipinski definition) is 0. The highest BCUT2D eigenvalue weighted by Gasteiger charge is 2.22. The van der Waals surface area contributed by atoms with Crippen LogP contribution in [0.25, 0.3) is 0 Å². The van der Waals surface area contributed by atoms with Crippen LogP contribution in [0.4, 0.5) is 11.4 Å². The van der Waals surface area contributed by atoms with Crippen molar-refractivity contribution in [2.75, 3.05) is 0 Å². The van der Waals surface area contributed by atoms with E-state index in [0.29, 0.717) is 4.90 Å². The smallest absolute Gasteiger partial charge is 0.258 e. The molecule has 20 heavy (non-hydrogen) atoms. The Hall–Kier alpha value is -2.12. The van der Waals surface area contributed by atoms with Crippen molar-refractivity contribution in [2.45, 2.75) is 9.79 Å². The van der Waals surface area contributed by atoms with Gasteiger partial charge in [-0.3, -0.25) is 20.2 Å². The molecule has 2 aromatic rings. The lowest BCUT2D eigenvalue weighted by molar-refractivity contribution is -0.388. The van der Waals surface area contributed by atoms with Gasteiger partial charge in [-0.15, -0.1) is 0 Å². The Morgan fingerprint density at radius 2 is 1.55 bits per heavy atom. The number of nitro benzene ring substituents is 2. The van der Waals surface area contributed by atoms with Crippen LogP contribution >= 0.6 is 23.4 Å². The summed E-state index contributed by atoms with van der Waals surface area (Å²) in [4.78, 5) is 21.4. The minimum absolute atomic E-state index is 0.00131. The van der Waals surface area contributed by atoms with Crippen LogP contribution in [-0.2, 0) is 0 Å². The zero-order valence-electron chi connectivity index (χ0n) is 9.86. The third kappa shape index (κ3) is 2.89. The highest BCUT2D eigenvalue weighted by molar-refractivity contribution is 7.99. The predicted octanol–water partition coefficient (Wildman–Crippen LogP) is 4.31. The van der Waals surface area contributed by atoms with Crippen molar-refractivity contribution in [3.05, 3.63) is 67.7 Å². The Balaban J connectivity index is 2.49. The van der Waals surface area contributed by atoms with E-state index in [1.54, 1.807) is 12.1 Å². The molecule has 0 aliphatic carbocycles. The van der Waals surface area contributed by atoms with E-state index in [0.717, 1.165) is 11.8 Å². The normalized spacial score (nSPS) is 10.2. The zero-order chi connectivity index (χ0) is 14.7. The molecule has 0 unspecified atom stereocenters. The largest absolute Gasteiger partial charge is 0.301 e. The molecule has 0 radical (unpaired) electrons. The molecule has 8 heteroatoms. The topological polar surface area (TPSA) is 86.3 Å². The van der Waals surface area contributed by atoms with Gasteiger partial charge in [0.05, 0.1) is 19.6 Å². The Morgan fingerprint density at radius 3 is 2.20 bits per heavy atom. The van der Waals surface area contributed by atoms with Crippen LogP contribution in [0.5, 0.6) is 0 Å². The lowest BCUT2D eigenvalue weighted by Gasteiger charge is -2.04. The third-order valence-corrected chi connectivity index (χ3v) is 3.83. The van der Waals surface area contributed by atoms with Gasteiger partial charge in [-0.25, -0.2) is 0 Å². The van der Waals surface area contributed by atoms with Gasteiger partial charge < -0.3 is 0 Å². The fraction of sp³-hybridized carbons (Fsp3) is 0. The number of nitro groups is 2. The Labute approximate surface area is 122 Å². The van der Waals surface area contributed by atoms with Gasteiger partial charge in [0.25, 0.3) is 5.69 Å². The number of benzene rings is 2. The van der Waals surface area contributed by atoms with Crippen LogP contribution in [-0.4, -0.2) is 9.85 Å². The summed E-state index contributed by atoms with van der Waals surface area (Å²) in [6.07, 6.45) is 0. The van der Waals surface area contributed by atoms with Crippen LogP contribution in [0.1, 0.15) is 0 Å². The predicted molar refractivity (Wildman–Crippen MR) is 75.3 cm³/mol. The zero-order valence-corrected chi connectivity index (χ0v) is 11.4. The van der Waals surface area contributed by atoms with Crippen LogP contribution in [0, 0.1) is 20.2 Å². The maximum absolute atomic E-state index is 11.0. The van der Waals surface area contributed by atoms with E-state index in [2.05, 4.69) is 0 Å². The minimum Gasteiger partial charge on any atom is -0.258 e. The van der Waals surface area contributed by atoms with Gasteiger partial charge in [0.1, 0.15) is 5.02 Å². The van der Waals surface area contributed by atoms with Crippen molar-refractivity contribution >= 4 is 34.7 Å². The van der Waals surface area contributed by atoms with Crippen molar-refractivity contribution in [1.29, 1.82) is 0 Å². The summed E-state index contributed by atoms with van der Waals surface area (Å²) < 4.78 is 0. The standard InChI is InChI=1S/C12H7ClN2O4S/c13-8-4-3-7-11(12(8)15(18)19)20-10-6-2-1-5-9(10)14(16)17/h1-7H. The van der Waals surface area contributed by atoms with Gasteiger partial charge in [-0.05, 0) is 18.2 Å². The number of para-hydroxylation sites is 2. The molecular weight excluding hydrogens is 304 g/mol. The SMILES string of the molecule is O=[N+]([O-])c1ccccc1Sc1cccc(Cl)c1[N+](=O)[O-]. The summed E-state index contributed by atoms with van der Waals surface area (Å²) in [5.41, 5.74) is -0.357. The monoisotopic (exact) mass is 310 g/mol. The van der Waals surface area contributed by atoms with E-state index >= 15 is 0 Å². The highest BCUT2D eigenvalue weighted by Crippen LogP contribution is 2.41. The van der Waals surface area contributed by atoms with E-state index < -0.39 is 9.85 Å². The first-order valence-electron chi connectivity index (χ1n) is 5.35. The average molecular weight is 311 g/mol. The molecular formula is C12H7ClN2O4S. The van der Waals surface area contributed by atoms with Gasteiger partial charge >= 0.3 is 5.69 Å². The van der Waals surface area contributed by atoms with Gasteiger partial charge in [0, 0.05) is 6.07 Å². The van der Waals surface area contributed by atoms with Gasteiger partial charge in [0.15, 0.2) is 0 Å². The van der Waals surface area contributed by atoms with Crippen molar-refractivity contribution < 1.29 is 9.85 Å². The van der Waals surface area contributed by atoms with Crippen molar-refractivity contribution in [3.63, 3.8) is 0 Å². The van der Waals surface area contributed by atoms with Crippen LogP contribution in [0.15, 0.2) is 52.3 Å². The Kier molecular flexibility index (Phi) is 4.21. The van der Waals surface area contributed by atoms with Crippen LogP contribution in [0.2, 0.25) is 5.02 Å². The highest BCUT2D eigenvalue weighted by atomic mass is 35.5. The molecule has 0 N–H and O–H groups in total. The maximum atomic E-state index is 11.0. The summed E-state index contributed by atoms with van der Waals surface area (Å²) in [5, 5.41) is 22.0. The second-order valence-corrected chi connectivity index (χ2v) is 5.16. The molecule has 0 atom stereocenters. The molecule has 0 saturated heterocycles. The first-order valence-corrected chi connectivity index (χ1v) is 6.54. The van der Waals surface area contributed by atoms with E-state index in [-0.39, 0.29) is 21.3 Å². The lowest BCUT2D eigenvalue weighted by Crippen LogP contribution is -1.93. The molecule has 0 amide bonds.